The van der Waals surface area contributed by atoms with Crippen molar-refractivity contribution in [1.29, 1.82) is 0 Å². The molecule has 0 spiro atoms. The summed E-state index contributed by atoms with van der Waals surface area (Å²) in [5.74, 6) is -0.186. The lowest BCUT2D eigenvalue weighted by atomic mass is 10.1. The number of hydrogen-bond donors (Lipinski definition) is 3. The van der Waals surface area contributed by atoms with Crippen LogP contribution in [0.15, 0.2) is 52.2 Å². The summed E-state index contributed by atoms with van der Waals surface area (Å²) in [4.78, 5) is 38.0. The van der Waals surface area contributed by atoms with Crippen molar-refractivity contribution in [1.82, 2.24) is 14.6 Å². The van der Waals surface area contributed by atoms with Crippen LogP contribution in [0.2, 0.25) is 0 Å². The Morgan fingerprint density at radius 3 is 2.46 bits per heavy atom. The monoisotopic (exact) mass is 529 g/mol. The van der Waals surface area contributed by atoms with Gasteiger partial charge in [-0.05, 0) is 43.7 Å². The van der Waals surface area contributed by atoms with Crippen LogP contribution in [0.5, 0.6) is 5.75 Å². The molecule has 3 unspecified atom stereocenters. The number of esters is 1. The van der Waals surface area contributed by atoms with E-state index in [0.29, 0.717) is 5.75 Å². The summed E-state index contributed by atoms with van der Waals surface area (Å²) < 4.78 is 23.9. The van der Waals surface area contributed by atoms with E-state index >= 15 is 0 Å². The van der Waals surface area contributed by atoms with Gasteiger partial charge >= 0.3 is 18.3 Å². The largest absolute Gasteiger partial charge is 0.465 e. The van der Waals surface area contributed by atoms with Gasteiger partial charge in [0.2, 0.25) is 0 Å². The number of aromatic amines is 1. The number of nitrogens with one attached hydrogen (secondary N) is 2. The third-order valence-corrected chi connectivity index (χ3v) is 7.05. The smallest absolute Gasteiger partial charge is 0.330 e. The van der Waals surface area contributed by atoms with Gasteiger partial charge < -0.3 is 23.6 Å². The molecule has 0 aliphatic rings. The van der Waals surface area contributed by atoms with Gasteiger partial charge in [-0.1, -0.05) is 32.0 Å². The minimum absolute atomic E-state index is 0.0840. The van der Waals surface area contributed by atoms with Gasteiger partial charge in [0.1, 0.15) is 11.8 Å². The van der Waals surface area contributed by atoms with Crippen molar-refractivity contribution >= 4 is 24.4 Å². The van der Waals surface area contributed by atoms with Crippen LogP contribution in [0.25, 0.3) is 0 Å². The number of ether oxygens (including phenoxy) is 2. The van der Waals surface area contributed by atoms with Crippen LogP contribution in [0.3, 0.4) is 0 Å². The highest BCUT2D eigenvalue weighted by atomic mass is 32.5. The molecule has 2 aromatic rings. The highest BCUT2D eigenvalue weighted by molar-refractivity contribution is 8.09. The van der Waals surface area contributed by atoms with E-state index in [1.165, 1.54) is 6.20 Å². The second kappa shape index (κ2) is 13.7. The van der Waals surface area contributed by atoms with E-state index < -0.39 is 48.8 Å². The summed E-state index contributed by atoms with van der Waals surface area (Å²) in [5.41, 5.74) is -1.29. The molecule has 13 heteroatoms. The number of aliphatic hydroxyl groups is 1. The summed E-state index contributed by atoms with van der Waals surface area (Å²) in [6, 6.07) is 9.18. The van der Waals surface area contributed by atoms with Gasteiger partial charge in [-0.2, -0.15) is 0 Å². The fourth-order valence-electron chi connectivity index (χ4n) is 2.95. The fraction of sp³-hybridized carbons (Fsp3) is 0.500. The number of aromatic nitrogens is 2. The van der Waals surface area contributed by atoms with Gasteiger partial charge in [0.15, 0.2) is 6.23 Å². The number of benzene rings is 1. The quantitative estimate of drug-likeness (QED) is 0.246. The lowest BCUT2D eigenvalue weighted by Gasteiger charge is -2.30. The van der Waals surface area contributed by atoms with E-state index in [1.54, 1.807) is 38.1 Å². The first-order chi connectivity index (χ1) is 16.6. The Balaban J connectivity index is 2.18. The highest BCUT2D eigenvalue weighted by Crippen LogP contribution is 2.46. The van der Waals surface area contributed by atoms with Gasteiger partial charge in [0.25, 0.3) is 5.56 Å². The molecule has 2 rings (SSSR count). The van der Waals surface area contributed by atoms with E-state index in [2.05, 4.69) is 10.1 Å². The highest BCUT2D eigenvalue weighted by Gasteiger charge is 2.33. The van der Waals surface area contributed by atoms with Gasteiger partial charge in [-0.25, -0.2) is 9.88 Å². The van der Waals surface area contributed by atoms with Crippen molar-refractivity contribution in [3.63, 3.8) is 0 Å². The molecule has 0 aliphatic carbocycles. The number of nitrogens with zero attached hydrogens (tertiary/aromatic N) is 1. The minimum atomic E-state index is -3.30. The number of para-hydroxylation sites is 1. The number of aliphatic hydroxyl groups excluding tert-OH is 1. The molecular formula is C22H32N3O8PS. The predicted octanol–water partition coefficient (Wildman–Crippen LogP) is 1.93. The summed E-state index contributed by atoms with van der Waals surface area (Å²) >= 11 is 5.72. The van der Waals surface area contributed by atoms with Crippen LogP contribution < -0.4 is 20.9 Å². The van der Waals surface area contributed by atoms with Crippen LogP contribution >= 0.6 is 6.64 Å². The van der Waals surface area contributed by atoms with Gasteiger partial charge in [0.05, 0.1) is 25.9 Å². The molecule has 11 nitrogen and oxygen atoms in total. The predicted molar refractivity (Wildman–Crippen MR) is 134 cm³/mol. The van der Waals surface area contributed by atoms with Crippen LogP contribution in [-0.4, -0.2) is 52.6 Å². The molecule has 1 heterocycles. The Morgan fingerprint density at radius 1 is 1.20 bits per heavy atom. The topological polar surface area (TPSA) is 141 Å². The Bertz CT molecular complexity index is 1110. The third-order valence-electron chi connectivity index (χ3n) is 4.66. The summed E-state index contributed by atoms with van der Waals surface area (Å²) in [6.07, 6.45) is -0.497. The summed E-state index contributed by atoms with van der Waals surface area (Å²) in [6.45, 7) is 3.37. The van der Waals surface area contributed by atoms with E-state index in [1.807, 2.05) is 19.9 Å². The average Bonchev–Trinajstić information content (AvgIpc) is 2.81. The van der Waals surface area contributed by atoms with Crippen molar-refractivity contribution in [2.75, 3.05) is 19.8 Å². The molecule has 0 saturated carbocycles. The number of carbonyl (C=O) groups is 1. The Hall–Kier alpha value is -2.34. The standard InChI is InChI=1S/C22H32N3O8PS/c1-5-30-21(28)20(15(2)3)24-34(35,33-17-9-7-6-8-10-17)31-14-16(4)32-19(13-26)25-12-11-18(27)23-22(25)29/h6-12,15-16,19-20,26H,5,13-14H2,1-4H3,(H,24,35)(H,23,27,29)/t16-,19?,20?,34?/m0/s1. The Labute approximate surface area is 208 Å². The fourth-order valence-corrected chi connectivity index (χ4v) is 5.46. The zero-order chi connectivity index (χ0) is 26.0. The van der Waals surface area contributed by atoms with E-state index in [4.69, 9.17) is 30.3 Å². The zero-order valence-electron chi connectivity index (χ0n) is 20.1. The van der Waals surface area contributed by atoms with E-state index in [0.717, 1.165) is 10.6 Å². The second-order valence-corrected chi connectivity index (χ2v) is 11.0. The van der Waals surface area contributed by atoms with Crippen LogP contribution in [0, 0.1) is 5.92 Å². The van der Waals surface area contributed by atoms with Crippen molar-refractivity contribution in [3.05, 3.63) is 63.4 Å². The molecular weight excluding hydrogens is 497 g/mol. The zero-order valence-corrected chi connectivity index (χ0v) is 21.8. The molecule has 3 N–H and O–H groups in total. The third kappa shape index (κ3) is 8.99. The van der Waals surface area contributed by atoms with Crippen molar-refractivity contribution < 1.29 is 28.4 Å². The Morgan fingerprint density at radius 2 is 1.89 bits per heavy atom. The molecule has 0 aliphatic heterocycles. The maximum absolute atomic E-state index is 12.5. The van der Waals surface area contributed by atoms with Crippen molar-refractivity contribution in [3.8, 4) is 5.75 Å². The van der Waals surface area contributed by atoms with E-state index in [9.17, 15) is 19.5 Å². The van der Waals surface area contributed by atoms with Crippen molar-refractivity contribution in [2.24, 2.45) is 5.92 Å². The maximum atomic E-state index is 12.5. The van der Waals surface area contributed by atoms with Crippen LogP contribution in [0.1, 0.15) is 33.9 Å². The van der Waals surface area contributed by atoms with Gasteiger partial charge in [-0.3, -0.25) is 19.1 Å². The van der Waals surface area contributed by atoms with Crippen LogP contribution in [0.4, 0.5) is 0 Å². The molecule has 0 amide bonds. The minimum Gasteiger partial charge on any atom is -0.465 e. The van der Waals surface area contributed by atoms with Crippen LogP contribution in [-0.2, 0) is 30.6 Å². The number of hydrogen-bond acceptors (Lipinski definition) is 9. The van der Waals surface area contributed by atoms with Gasteiger partial charge in [0, 0.05) is 12.3 Å². The first-order valence-corrected chi connectivity index (χ1v) is 13.7. The summed E-state index contributed by atoms with van der Waals surface area (Å²) in [7, 11) is 0. The molecule has 0 fully saturated rings. The molecule has 0 saturated heterocycles. The number of rotatable bonds is 14. The molecule has 0 radical (unpaired) electrons. The van der Waals surface area contributed by atoms with Gasteiger partial charge in [-0.15, -0.1) is 0 Å². The molecule has 4 atom stereocenters. The molecule has 0 bridgehead atoms. The normalized spacial score (nSPS) is 15.7. The molecule has 194 valence electrons. The van der Waals surface area contributed by atoms with Crippen molar-refractivity contribution in [2.45, 2.75) is 46.1 Å². The maximum Gasteiger partial charge on any atom is 0.330 e. The summed E-state index contributed by atoms with van der Waals surface area (Å²) in [5, 5.41) is 12.8. The second-order valence-electron chi connectivity index (χ2n) is 7.90. The lowest BCUT2D eigenvalue weighted by Crippen LogP contribution is -2.42. The first-order valence-electron chi connectivity index (χ1n) is 11.1. The number of carbonyl (C=O) groups excluding carboxylic acids is 1. The first kappa shape index (κ1) is 28.9. The SMILES string of the molecule is CCOC(=O)C(NP(=S)(OC[C@H](C)OC(CO)n1ccc(=O)[nH]c1=O)Oc1ccccc1)C(C)C. The lowest BCUT2D eigenvalue weighted by molar-refractivity contribution is -0.146. The molecule has 1 aromatic heterocycles. The number of H-pyrrole nitrogens is 1. The average molecular weight is 530 g/mol. The van der Waals surface area contributed by atoms with E-state index in [-0.39, 0.29) is 19.1 Å². The molecule has 35 heavy (non-hydrogen) atoms. The Kier molecular flexibility index (Phi) is 11.3. The molecule has 1 aromatic carbocycles.